The van der Waals surface area contributed by atoms with E-state index in [1.807, 2.05) is 41.5 Å². The molecule has 0 aliphatic rings. The zero-order chi connectivity index (χ0) is 26.5. The van der Waals surface area contributed by atoms with Crippen molar-refractivity contribution in [1.29, 1.82) is 0 Å². The molecule has 6 N–H and O–H groups in total. The molecule has 3 amide bonds. The Bertz CT molecular complexity index is 1320. The van der Waals surface area contributed by atoms with Gasteiger partial charge < -0.3 is 26.7 Å². The molecule has 0 bridgehead atoms. The third-order valence-corrected chi connectivity index (χ3v) is 6.07. The Hall–Kier alpha value is -3.69. The molecule has 188 valence electrons. The number of carbonyl (C=O) groups is 3. The number of carbonyl (C=O) groups excluding carboxylic acids is 3. The van der Waals surface area contributed by atoms with Gasteiger partial charge in [-0.25, -0.2) is 9.37 Å². The number of hydrogen-bond acceptors (Lipinski definition) is 5. The molecule has 2 atom stereocenters. The third kappa shape index (κ3) is 4.91. The Morgan fingerprint density at radius 1 is 1.09 bits per heavy atom. The Kier molecular flexibility index (Phi) is 6.54. The van der Waals surface area contributed by atoms with Gasteiger partial charge in [-0.05, 0) is 29.0 Å². The molecule has 0 aliphatic carbocycles. The Morgan fingerprint density at radius 2 is 1.71 bits per heavy atom. The second-order valence-corrected chi connectivity index (χ2v) is 11.0. The average molecular weight is 485 g/mol. The normalized spacial score (nSPS) is 14.1. The number of amides is 3. The van der Waals surface area contributed by atoms with Crippen molar-refractivity contribution in [2.24, 2.45) is 22.3 Å². The van der Waals surface area contributed by atoms with Crippen molar-refractivity contribution in [3.05, 3.63) is 35.8 Å². The first-order valence-electron chi connectivity index (χ1n) is 11.3. The van der Waals surface area contributed by atoms with Crippen LogP contribution in [0.15, 0.2) is 24.4 Å². The highest BCUT2D eigenvalue weighted by Crippen LogP contribution is 2.35. The predicted molar refractivity (Wildman–Crippen MR) is 134 cm³/mol. The fraction of sp³-hybridized carbons (Fsp3) is 0.440. The minimum atomic E-state index is -0.853. The summed E-state index contributed by atoms with van der Waals surface area (Å²) in [6.45, 7) is 11.1. The number of primary amides is 2. The van der Waals surface area contributed by atoms with Gasteiger partial charge in [0.1, 0.15) is 23.7 Å². The van der Waals surface area contributed by atoms with Gasteiger partial charge in [-0.1, -0.05) is 41.5 Å². The fourth-order valence-electron chi connectivity index (χ4n) is 4.48. The summed E-state index contributed by atoms with van der Waals surface area (Å²) >= 11 is 0. The molecule has 1 aromatic carbocycles. The van der Waals surface area contributed by atoms with Crippen LogP contribution in [0, 0.1) is 16.6 Å². The van der Waals surface area contributed by atoms with E-state index in [0.29, 0.717) is 21.8 Å². The quantitative estimate of drug-likeness (QED) is 0.424. The van der Waals surface area contributed by atoms with E-state index < -0.39 is 40.5 Å². The molecule has 10 heteroatoms. The van der Waals surface area contributed by atoms with E-state index in [9.17, 15) is 18.8 Å². The van der Waals surface area contributed by atoms with Crippen LogP contribution in [0.3, 0.4) is 0 Å². The van der Waals surface area contributed by atoms with Crippen molar-refractivity contribution in [2.45, 2.75) is 53.6 Å². The standard InChI is InChI=1S/C25H33FN6O3/c1-24(2,3)18(23(35)32(7)19(21(28)34)25(4,5)6)31-22-16-13-10-12(26)8-9-15(13)30-17(16)14(11-29-22)20(27)33/h8-11,18-19,30H,1-7H3,(H2,27,33)(H2,28,34)(H,29,31)/t18-,19+/m0/s1. The van der Waals surface area contributed by atoms with Crippen LogP contribution in [0.4, 0.5) is 10.2 Å². The van der Waals surface area contributed by atoms with E-state index in [0.717, 1.165) is 0 Å². The summed E-state index contributed by atoms with van der Waals surface area (Å²) in [5.41, 5.74) is 11.1. The largest absolute Gasteiger partial charge is 0.368 e. The lowest BCUT2D eigenvalue weighted by molar-refractivity contribution is -0.143. The molecule has 0 fully saturated rings. The van der Waals surface area contributed by atoms with Crippen LogP contribution >= 0.6 is 0 Å². The average Bonchev–Trinajstić information content (AvgIpc) is 3.07. The van der Waals surface area contributed by atoms with Gasteiger partial charge in [-0.3, -0.25) is 14.4 Å². The van der Waals surface area contributed by atoms with Gasteiger partial charge in [0.25, 0.3) is 5.91 Å². The van der Waals surface area contributed by atoms with Crippen molar-refractivity contribution in [3.8, 4) is 0 Å². The van der Waals surface area contributed by atoms with Gasteiger partial charge in [-0.15, -0.1) is 0 Å². The number of likely N-dealkylation sites (N-methyl/N-ethyl adjacent to an activating group) is 1. The number of aromatic nitrogens is 2. The van der Waals surface area contributed by atoms with Crippen LogP contribution in [0.1, 0.15) is 51.9 Å². The zero-order valence-corrected chi connectivity index (χ0v) is 21.1. The Balaban J connectivity index is 2.18. The number of aromatic amines is 1. The minimum Gasteiger partial charge on any atom is -0.368 e. The second kappa shape index (κ2) is 8.83. The number of nitrogens with two attached hydrogens (primary N) is 2. The van der Waals surface area contributed by atoms with E-state index in [4.69, 9.17) is 11.5 Å². The number of halogens is 1. The van der Waals surface area contributed by atoms with E-state index in [2.05, 4.69) is 15.3 Å². The molecule has 0 saturated carbocycles. The molecule has 0 aliphatic heterocycles. The highest BCUT2D eigenvalue weighted by Gasteiger charge is 2.41. The molecule has 0 spiro atoms. The highest BCUT2D eigenvalue weighted by molar-refractivity contribution is 6.18. The molecule has 3 aromatic rings. The number of H-pyrrole nitrogens is 1. The number of nitrogens with one attached hydrogen (secondary N) is 2. The van der Waals surface area contributed by atoms with Crippen molar-refractivity contribution in [1.82, 2.24) is 14.9 Å². The maximum absolute atomic E-state index is 14.1. The maximum Gasteiger partial charge on any atom is 0.252 e. The Labute approximate surface area is 203 Å². The molecule has 0 unspecified atom stereocenters. The van der Waals surface area contributed by atoms with Gasteiger partial charge in [-0.2, -0.15) is 0 Å². The summed E-state index contributed by atoms with van der Waals surface area (Å²) in [5, 5.41) is 4.12. The summed E-state index contributed by atoms with van der Waals surface area (Å²) in [5.74, 6) is -1.87. The van der Waals surface area contributed by atoms with Gasteiger partial charge in [0.15, 0.2) is 0 Å². The number of rotatable bonds is 6. The first-order chi connectivity index (χ1) is 16.0. The molecule has 3 rings (SSSR count). The SMILES string of the molecule is CN(C(=O)[C@H](Nc1ncc(C(N)=O)c2[nH]c3ccc(F)cc3c12)C(C)(C)C)[C@H](C(N)=O)C(C)(C)C. The third-order valence-electron chi connectivity index (χ3n) is 6.07. The topological polar surface area (TPSA) is 147 Å². The summed E-state index contributed by atoms with van der Waals surface area (Å²) in [6.07, 6.45) is 1.31. The lowest BCUT2D eigenvalue weighted by Gasteiger charge is -2.40. The molecule has 0 saturated heterocycles. The van der Waals surface area contributed by atoms with Crippen LogP contribution in [-0.2, 0) is 9.59 Å². The molecule has 2 heterocycles. The maximum atomic E-state index is 14.1. The van der Waals surface area contributed by atoms with E-state index >= 15 is 0 Å². The number of benzene rings is 1. The van der Waals surface area contributed by atoms with Gasteiger partial charge >= 0.3 is 0 Å². The van der Waals surface area contributed by atoms with E-state index in [-0.39, 0.29) is 17.3 Å². The second-order valence-electron chi connectivity index (χ2n) is 11.0. The summed E-state index contributed by atoms with van der Waals surface area (Å²) in [7, 11) is 1.55. The first kappa shape index (κ1) is 25.9. The molecule has 9 nitrogen and oxygen atoms in total. The lowest BCUT2D eigenvalue weighted by atomic mass is 9.82. The predicted octanol–water partition coefficient (Wildman–Crippen LogP) is 3.14. The molecular formula is C25H33FN6O3. The molecule has 35 heavy (non-hydrogen) atoms. The highest BCUT2D eigenvalue weighted by atomic mass is 19.1. The summed E-state index contributed by atoms with van der Waals surface area (Å²) < 4.78 is 14.1. The minimum absolute atomic E-state index is 0.138. The van der Waals surface area contributed by atoms with Crippen molar-refractivity contribution >= 4 is 45.3 Å². The van der Waals surface area contributed by atoms with Crippen LogP contribution in [0.2, 0.25) is 0 Å². The van der Waals surface area contributed by atoms with Crippen LogP contribution in [-0.4, -0.2) is 51.7 Å². The fourth-order valence-corrected chi connectivity index (χ4v) is 4.48. The van der Waals surface area contributed by atoms with Crippen molar-refractivity contribution < 1.29 is 18.8 Å². The smallest absolute Gasteiger partial charge is 0.252 e. The van der Waals surface area contributed by atoms with E-state index in [1.54, 1.807) is 13.1 Å². The molecule has 2 aromatic heterocycles. The monoisotopic (exact) mass is 484 g/mol. The molecular weight excluding hydrogens is 451 g/mol. The van der Waals surface area contributed by atoms with Crippen LogP contribution < -0.4 is 16.8 Å². The summed E-state index contributed by atoms with van der Waals surface area (Å²) in [6, 6.07) is 2.49. The van der Waals surface area contributed by atoms with Crippen molar-refractivity contribution in [2.75, 3.05) is 12.4 Å². The van der Waals surface area contributed by atoms with Gasteiger partial charge in [0, 0.05) is 24.1 Å². The lowest BCUT2D eigenvalue weighted by Crippen LogP contribution is -2.58. The van der Waals surface area contributed by atoms with Gasteiger partial charge in [0.05, 0.1) is 16.5 Å². The number of fused-ring (bicyclic) bond motifs is 3. The van der Waals surface area contributed by atoms with Crippen LogP contribution in [0.25, 0.3) is 21.8 Å². The molecule has 0 radical (unpaired) electrons. The number of anilines is 1. The van der Waals surface area contributed by atoms with E-state index in [1.165, 1.54) is 23.2 Å². The summed E-state index contributed by atoms with van der Waals surface area (Å²) in [4.78, 5) is 46.9. The first-order valence-corrected chi connectivity index (χ1v) is 11.3. The zero-order valence-electron chi connectivity index (χ0n) is 21.1. The van der Waals surface area contributed by atoms with Crippen LogP contribution in [0.5, 0.6) is 0 Å². The van der Waals surface area contributed by atoms with Gasteiger partial charge in [0.2, 0.25) is 11.8 Å². The number of nitrogens with zero attached hydrogens (tertiary/aromatic N) is 2. The number of hydrogen-bond donors (Lipinski definition) is 4. The Morgan fingerprint density at radius 3 is 2.23 bits per heavy atom. The van der Waals surface area contributed by atoms with Crippen molar-refractivity contribution in [3.63, 3.8) is 0 Å². The number of pyridine rings is 1.